The highest BCUT2D eigenvalue weighted by atomic mass is 16.2. The van der Waals surface area contributed by atoms with Crippen LogP contribution in [0.1, 0.15) is 26.7 Å². The van der Waals surface area contributed by atoms with Crippen molar-refractivity contribution in [3.63, 3.8) is 0 Å². The maximum Gasteiger partial charge on any atom is 0.240 e. The number of rotatable bonds is 2. The minimum Gasteiger partial charge on any atom is -0.325 e. The molecule has 0 spiro atoms. The summed E-state index contributed by atoms with van der Waals surface area (Å²) in [6.45, 7) is 4.90. The maximum atomic E-state index is 11.5. The number of carbonyl (C=O) groups is 1. The minimum atomic E-state index is 0.0445. The van der Waals surface area contributed by atoms with Crippen LogP contribution in [0, 0.1) is 5.92 Å². The van der Waals surface area contributed by atoms with Crippen molar-refractivity contribution in [1.82, 2.24) is 10.2 Å². The first-order valence-electron chi connectivity index (χ1n) is 4.78. The van der Waals surface area contributed by atoms with E-state index in [0.717, 1.165) is 12.6 Å². The van der Waals surface area contributed by atoms with Crippen LogP contribution in [0.25, 0.3) is 0 Å². The Kier molecular flexibility index (Phi) is 1.83. The second kappa shape index (κ2) is 2.73. The van der Waals surface area contributed by atoms with E-state index in [9.17, 15) is 4.79 Å². The van der Waals surface area contributed by atoms with Crippen LogP contribution in [0.3, 0.4) is 0 Å². The van der Waals surface area contributed by atoms with E-state index in [0.29, 0.717) is 6.04 Å². The van der Waals surface area contributed by atoms with E-state index >= 15 is 0 Å². The van der Waals surface area contributed by atoms with Crippen molar-refractivity contribution in [2.75, 3.05) is 6.67 Å². The zero-order chi connectivity index (χ0) is 8.72. The van der Waals surface area contributed by atoms with Gasteiger partial charge in [-0.2, -0.15) is 0 Å². The molecule has 3 unspecified atom stereocenters. The molecule has 3 heteroatoms. The molecule has 2 fully saturated rings. The Morgan fingerprint density at radius 2 is 2.42 bits per heavy atom. The molecule has 2 aliphatic rings. The van der Waals surface area contributed by atoms with Gasteiger partial charge in [-0.15, -0.1) is 0 Å². The lowest BCUT2D eigenvalue weighted by Crippen LogP contribution is -2.31. The lowest BCUT2D eigenvalue weighted by atomic mass is 10.3. The van der Waals surface area contributed by atoms with E-state index in [4.69, 9.17) is 0 Å². The van der Waals surface area contributed by atoms with Crippen LogP contribution in [0.15, 0.2) is 0 Å². The molecule has 12 heavy (non-hydrogen) atoms. The third kappa shape index (κ3) is 1.12. The fourth-order valence-electron chi connectivity index (χ4n) is 1.98. The summed E-state index contributed by atoms with van der Waals surface area (Å²) < 4.78 is 0. The molecule has 1 aliphatic carbocycles. The smallest absolute Gasteiger partial charge is 0.240 e. The first kappa shape index (κ1) is 8.05. The van der Waals surface area contributed by atoms with E-state index in [1.165, 1.54) is 12.8 Å². The Hall–Kier alpha value is -0.570. The van der Waals surface area contributed by atoms with Crippen LogP contribution in [0.5, 0.6) is 0 Å². The molecule has 0 aromatic heterocycles. The van der Waals surface area contributed by atoms with Gasteiger partial charge in [-0.1, -0.05) is 13.3 Å². The fraction of sp³-hybridized carbons (Fsp3) is 0.889. The second-order valence-electron chi connectivity index (χ2n) is 3.86. The number of nitrogens with one attached hydrogen (secondary N) is 1. The molecule has 2 rings (SSSR count). The Labute approximate surface area is 73.1 Å². The van der Waals surface area contributed by atoms with E-state index in [2.05, 4.69) is 12.2 Å². The average Bonchev–Trinajstić information content (AvgIpc) is 2.77. The molecule has 3 nitrogen and oxygen atoms in total. The van der Waals surface area contributed by atoms with Crippen LogP contribution >= 0.6 is 0 Å². The SMILES string of the molecule is CCC1CC1N1CNC(C)C1=O. The lowest BCUT2D eigenvalue weighted by molar-refractivity contribution is -0.129. The largest absolute Gasteiger partial charge is 0.325 e. The van der Waals surface area contributed by atoms with E-state index in [1.54, 1.807) is 0 Å². The molecule has 0 aromatic carbocycles. The molecule has 1 saturated carbocycles. The number of nitrogens with zero attached hydrogens (tertiary/aromatic N) is 1. The van der Waals surface area contributed by atoms with Gasteiger partial charge < -0.3 is 4.90 Å². The second-order valence-corrected chi connectivity index (χ2v) is 3.86. The first-order valence-corrected chi connectivity index (χ1v) is 4.78. The van der Waals surface area contributed by atoms with Gasteiger partial charge in [0.2, 0.25) is 5.91 Å². The quantitative estimate of drug-likeness (QED) is 0.653. The van der Waals surface area contributed by atoms with E-state index in [-0.39, 0.29) is 11.9 Å². The molecule has 0 aromatic rings. The normalized spacial score (nSPS) is 40.7. The fourth-order valence-corrected chi connectivity index (χ4v) is 1.98. The summed E-state index contributed by atoms with van der Waals surface area (Å²) in [6, 6.07) is 0.600. The van der Waals surface area contributed by atoms with Gasteiger partial charge in [0.25, 0.3) is 0 Å². The third-order valence-electron chi connectivity index (χ3n) is 3.03. The van der Waals surface area contributed by atoms with Crippen molar-refractivity contribution in [1.29, 1.82) is 0 Å². The minimum absolute atomic E-state index is 0.0445. The number of amides is 1. The number of hydrogen-bond donors (Lipinski definition) is 1. The zero-order valence-corrected chi connectivity index (χ0v) is 7.71. The number of carbonyl (C=O) groups excluding carboxylic acids is 1. The molecule has 68 valence electrons. The highest BCUT2D eigenvalue weighted by molar-refractivity contribution is 5.83. The van der Waals surface area contributed by atoms with E-state index in [1.807, 2.05) is 11.8 Å². The van der Waals surface area contributed by atoms with Crippen molar-refractivity contribution in [2.24, 2.45) is 5.92 Å². The van der Waals surface area contributed by atoms with Gasteiger partial charge in [0, 0.05) is 6.04 Å². The number of hydrogen-bond acceptors (Lipinski definition) is 2. The molecule has 1 heterocycles. The average molecular weight is 168 g/mol. The van der Waals surface area contributed by atoms with Crippen LogP contribution in [0.4, 0.5) is 0 Å². The van der Waals surface area contributed by atoms with Gasteiger partial charge >= 0.3 is 0 Å². The molecule has 3 atom stereocenters. The predicted octanol–water partition coefficient (Wildman–Crippen LogP) is 0.563. The summed E-state index contributed by atoms with van der Waals surface area (Å²) in [5.41, 5.74) is 0. The summed E-state index contributed by atoms with van der Waals surface area (Å²) in [5.74, 6) is 1.07. The molecule has 1 amide bonds. The van der Waals surface area contributed by atoms with Crippen molar-refractivity contribution >= 4 is 5.91 Å². The summed E-state index contributed by atoms with van der Waals surface area (Å²) >= 11 is 0. The van der Waals surface area contributed by atoms with Crippen molar-refractivity contribution in [3.05, 3.63) is 0 Å². The van der Waals surface area contributed by atoms with Gasteiger partial charge in [0.05, 0.1) is 12.7 Å². The van der Waals surface area contributed by atoms with Gasteiger partial charge in [0.15, 0.2) is 0 Å². The van der Waals surface area contributed by atoms with Crippen LogP contribution in [-0.4, -0.2) is 29.6 Å². The van der Waals surface area contributed by atoms with Crippen LogP contribution in [0.2, 0.25) is 0 Å². The molecule has 1 N–H and O–H groups in total. The van der Waals surface area contributed by atoms with Crippen molar-refractivity contribution in [2.45, 2.75) is 38.8 Å². The maximum absolute atomic E-state index is 11.5. The Balaban J connectivity index is 1.94. The molecule has 0 bridgehead atoms. The predicted molar refractivity (Wildman–Crippen MR) is 46.5 cm³/mol. The standard InChI is InChI=1S/C9H16N2O/c1-3-7-4-8(7)11-5-10-6(2)9(11)12/h6-8,10H,3-5H2,1-2H3. The van der Waals surface area contributed by atoms with Gasteiger partial charge in [-0.25, -0.2) is 0 Å². The first-order chi connectivity index (χ1) is 5.74. The monoisotopic (exact) mass is 168 g/mol. The lowest BCUT2D eigenvalue weighted by Gasteiger charge is -2.14. The summed E-state index contributed by atoms with van der Waals surface area (Å²) in [5, 5.41) is 3.16. The van der Waals surface area contributed by atoms with Gasteiger partial charge in [0.1, 0.15) is 0 Å². The highest BCUT2D eigenvalue weighted by Crippen LogP contribution is 2.38. The third-order valence-corrected chi connectivity index (χ3v) is 3.03. The molecule has 1 saturated heterocycles. The molecule has 1 aliphatic heterocycles. The van der Waals surface area contributed by atoms with Gasteiger partial charge in [-0.05, 0) is 19.3 Å². The molecule has 0 radical (unpaired) electrons. The summed E-state index contributed by atoms with van der Waals surface area (Å²) in [7, 11) is 0. The summed E-state index contributed by atoms with van der Waals surface area (Å²) in [4.78, 5) is 13.5. The zero-order valence-electron chi connectivity index (χ0n) is 7.71. The summed E-state index contributed by atoms with van der Waals surface area (Å²) in [6.07, 6.45) is 2.43. The Morgan fingerprint density at radius 1 is 1.67 bits per heavy atom. The highest BCUT2D eigenvalue weighted by Gasteiger charge is 2.45. The Bertz CT molecular complexity index is 205. The Morgan fingerprint density at radius 3 is 2.83 bits per heavy atom. The van der Waals surface area contributed by atoms with Crippen molar-refractivity contribution < 1.29 is 4.79 Å². The topological polar surface area (TPSA) is 32.3 Å². The molecular formula is C9H16N2O. The van der Waals surface area contributed by atoms with E-state index < -0.39 is 0 Å². The van der Waals surface area contributed by atoms with Gasteiger partial charge in [-0.3, -0.25) is 10.1 Å². The molecular weight excluding hydrogens is 152 g/mol. The van der Waals surface area contributed by atoms with Crippen LogP contribution < -0.4 is 5.32 Å². The van der Waals surface area contributed by atoms with Crippen LogP contribution in [-0.2, 0) is 4.79 Å². The van der Waals surface area contributed by atoms with Crippen molar-refractivity contribution in [3.8, 4) is 0 Å².